The normalized spacial score (nSPS) is 13.1. The molecule has 162 valence electrons. The first-order chi connectivity index (χ1) is 15.5. The van der Waals surface area contributed by atoms with Crippen LogP contribution in [0, 0.1) is 0 Å². The first kappa shape index (κ1) is 22.2. The van der Waals surface area contributed by atoms with Crippen molar-refractivity contribution in [1.82, 2.24) is 4.08 Å². The lowest BCUT2D eigenvalue weighted by Gasteiger charge is -2.36. The standard InChI is InChI=1S/C26H24NO3PS/c1-22(23-14-6-2-7-15-23)27(32(29,30)26-20-12-5-13-21-26)31(28,24-16-8-3-9-17-24)25-18-10-4-11-19-25/h2-22H,1H3/t22-/m1/s1. The van der Waals surface area contributed by atoms with Gasteiger partial charge in [-0.25, -0.2) is 8.42 Å². The molecule has 0 aliphatic carbocycles. The summed E-state index contributed by atoms with van der Waals surface area (Å²) in [6, 6.07) is 34.6. The Kier molecular flexibility index (Phi) is 6.43. The van der Waals surface area contributed by atoms with Gasteiger partial charge in [0.25, 0.3) is 0 Å². The van der Waals surface area contributed by atoms with E-state index in [1.807, 2.05) is 42.5 Å². The maximum Gasteiger partial charge on any atom is 0.249 e. The first-order valence-corrected chi connectivity index (χ1v) is 13.4. The molecule has 0 heterocycles. The van der Waals surface area contributed by atoms with Crippen molar-refractivity contribution in [1.29, 1.82) is 0 Å². The predicted octanol–water partition coefficient (Wildman–Crippen LogP) is 5.37. The van der Waals surface area contributed by atoms with E-state index in [9.17, 15) is 8.42 Å². The van der Waals surface area contributed by atoms with Gasteiger partial charge in [0.1, 0.15) is 0 Å². The Morgan fingerprint density at radius 3 is 1.44 bits per heavy atom. The van der Waals surface area contributed by atoms with E-state index in [4.69, 9.17) is 0 Å². The Hall–Kier alpha value is -2.98. The Labute approximate surface area is 189 Å². The van der Waals surface area contributed by atoms with Crippen molar-refractivity contribution >= 4 is 27.9 Å². The SMILES string of the molecule is C[C@H](c1ccccc1)N(P(=O)(c1ccccc1)c1ccccc1)S(=O)(=O)c1ccccc1. The Morgan fingerprint density at radius 2 is 1.00 bits per heavy atom. The Bertz CT molecular complexity index is 1270. The third kappa shape index (κ3) is 4.07. The third-order valence-corrected chi connectivity index (χ3v) is 11.3. The van der Waals surface area contributed by atoms with E-state index in [2.05, 4.69) is 0 Å². The fraction of sp³-hybridized carbons (Fsp3) is 0.0769. The lowest BCUT2D eigenvalue weighted by Crippen LogP contribution is -2.38. The van der Waals surface area contributed by atoms with Crippen LogP contribution in [0.3, 0.4) is 0 Å². The second kappa shape index (κ2) is 9.25. The molecule has 4 rings (SSSR count). The van der Waals surface area contributed by atoms with Crippen LogP contribution in [0.25, 0.3) is 0 Å². The largest absolute Gasteiger partial charge is 0.295 e. The number of sulfonamides is 1. The van der Waals surface area contributed by atoms with Crippen LogP contribution in [0.4, 0.5) is 0 Å². The van der Waals surface area contributed by atoms with Gasteiger partial charge in [0.2, 0.25) is 17.3 Å². The van der Waals surface area contributed by atoms with E-state index < -0.39 is 23.4 Å². The maximum absolute atomic E-state index is 15.1. The van der Waals surface area contributed by atoms with Crippen LogP contribution in [-0.2, 0) is 14.6 Å². The van der Waals surface area contributed by atoms with Crippen LogP contribution in [0.1, 0.15) is 18.5 Å². The molecule has 0 aliphatic heterocycles. The molecule has 4 aromatic carbocycles. The van der Waals surface area contributed by atoms with E-state index in [1.165, 1.54) is 4.08 Å². The monoisotopic (exact) mass is 461 g/mol. The zero-order valence-electron chi connectivity index (χ0n) is 17.7. The van der Waals surface area contributed by atoms with Crippen molar-refractivity contribution in [2.75, 3.05) is 0 Å². The van der Waals surface area contributed by atoms with Crippen LogP contribution in [0.2, 0.25) is 0 Å². The maximum atomic E-state index is 15.1. The summed E-state index contributed by atoms with van der Waals surface area (Å²) in [5.74, 6) is 0. The molecule has 0 aliphatic rings. The van der Waals surface area contributed by atoms with E-state index in [1.54, 1.807) is 85.8 Å². The number of hydrogen-bond acceptors (Lipinski definition) is 3. The van der Waals surface area contributed by atoms with Gasteiger partial charge < -0.3 is 0 Å². The summed E-state index contributed by atoms with van der Waals surface area (Å²) in [6.45, 7) is 1.79. The molecule has 4 aromatic rings. The summed E-state index contributed by atoms with van der Waals surface area (Å²) in [5.41, 5.74) is 0.763. The van der Waals surface area contributed by atoms with Crippen LogP contribution in [0.5, 0.6) is 0 Å². The minimum atomic E-state index is -4.13. The zero-order valence-corrected chi connectivity index (χ0v) is 19.4. The highest BCUT2D eigenvalue weighted by Gasteiger charge is 2.46. The second-order valence-electron chi connectivity index (χ2n) is 7.42. The molecule has 1 atom stereocenters. The average molecular weight is 462 g/mol. The van der Waals surface area contributed by atoms with Gasteiger partial charge in [-0.15, -0.1) is 4.08 Å². The van der Waals surface area contributed by atoms with E-state index in [0.29, 0.717) is 10.6 Å². The van der Waals surface area contributed by atoms with Gasteiger partial charge in [0.15, 0.2) is 0 Å². The molecule has 0 radical (unpaired) electrons. The van der Waals surface area contributed by atoms with Crippen molar-refractivity contribution in [3.63, 3.8) is 0 Å². The van der Waals surface area contributed by atoms with Crippen LogP contribution in [0.15, 0.2) is 126 Å². The van der Waals surface area contributed by atoms with E-state index in [0.717, 1.165) is 5.56 Å². The van der Waals surface area contributed by atoms with Gasteiger partial charge in [-0.05, 0) is 48.9 Å². The number of rotatable bonds is 7. The summed E-state index contributed by atoms with van der Waals surface area (Å²) in [5, 5.41) is 0.932. The number of hydrogen-bond donors (Lipinski definition) is 0. The molecule has 32 heavy (non-hydrogen) atoms. The fourth-order valence-electron chi connectivity index (χ4n) is 3.80. The average Bonchev–Trinajstić information content (AvgIpc) is 2.86. The molecule has 0 fully saturated rings. The fourth-order valence-corrected chi connectivity index (χ4v) is 9.64. The molecule has 0 N–H and O–H groups in total. The molecule has 0 saturated heterocycles. The summed E-state index contributed by atoms with van der Waals surface area (Å²) < 4.78 is 44.5. The second-order valence-corrected chi connectivity index (χ2v) is 12.1. The molecule has 0 unspecified atom stereocenters. The lowest BCUT2D eigenvalue weighted by atomic mass is 10.1. The number of nitrogens with zero attached hydrogens (tertiary/aromatic N) is 1. The summed E-state index contributed by atoms with van der Waals surface area (Å²) in [7, 11) is -7.93. The highest BCUT2D eigenvalue weighted by atomic mass is 32.2. The van der Waals surface area contributed by atoms with Crippen LogP contribution < -0.4 is 10.6 Å². The highest BCUT2D eigenvalue weighted by molar-refractivity contribution is 7.98. The van der Waals surface area contributed by atoms with Gasteiger partial charge in [-0.3, -0.25) is 4.57 Å². The summed E-state index contributed by atoms with van der Waals surface area (Å²) >= 11 is 0. The van der Waals surface area contributed by atoms with Gasteiger partial charge in [0.05, 0.1) is 10.9 Å². The van der Waals surface area contributed by atoms with Crippen molar-refractivity contribution in [2.24, 2.45) is 0 Å². The Morgan fingerprint density at radius 1 is 0.625 bits per heavy atom. The molecule has 0 bridgehead atoms. The Balaban J connectivity index is 2.04. The third-order valence-electron chi connectivity index (χ3n) is 5.39. The minimum absolute atomic E-state index is 0.106. The molecule has 0 saturated carbocycles. The molecule has 6 heteroatoms. The highest BCUT2D eigenvalue weighted by Crippen LogP contribution is 2.55. The molecular weight excluding hydrogens is 437 g/mol. The van der Waals surface area contributed by atoms with E-state index >= 15 is 4.57 Å². The first-order valence-electron chi connectivity index (χ1n) is 10.3. The predicted molar refractivity (Wildman–Crippen MR) is 130 cm³/mol. The quantitative estimate of drug-likeness (QED) is 0.348. The van der Waals surface area contributed by atoms with Gasteiger partial charge >= 0.3 is 0 Å². The lowest BCUT2D eigenvalue weighted by molar-refractivity contribution is 0.457. The molecule has 0 spiro atoms. The van der Waals surface area contributed by atoms with E-state index in [-0.39, 0.29) is 4.90 Å². The number of benzene rings is 4. The van der Waals surface area contributed by atoms with Crippen molar-refractivity contribution in [3.8, 4) is 0 Å². The van der Waals surface area contributed by atoms with Crippen molar-refractivity contribution < 1.29 is 13.0 Å². The van der Waals surface area contributed by atoms with Crippen LogP contribution in [-0.4, -0.2) is 12.5 Å². The van der Waals surface area contributed by atoms with Gasteiger partial charge in [-0.2, -0.15) is 0 Å². The molecular formula is C26H24NO3PS. The van der Waals surface area contributed by atoms with Gasteiger partial charge in [-0.1, -0.05) is 84.9 Å². The minimum Gasteiger partial charge on any atom is -0.295 e. The van der Waals surface area contributed by atoms with Gasteiger partial charge in [0, 0.05) is 10.6 Å². The van der Waals surface area contributed by atoms with Crippen molar-refractivity contribution in [3.05, 3.63) is 127 Å². The smallest absolute Gasteiger partial charge is 0.249 e. The summed E-state index contributed by atoms with van der Waals surface area (Å²) in [6.07, 6.45) is 0. The zero-order chi connectivity index (χ0) is 22.6. The van der Waals surface area contributed by atoms with Crippen LogP contribution >= 0.6 is 7.29 Å². The molecule has 0 amide bonds. The van der Waals surface area contributed by atoms with Crippen molar-refractivity contribution in [2.45, 2.75) is 17.9 Å². The topological polar surface area (TPSA) is 54.5 Å². The summed E-state index contributed by atoms with van der Waals surface area (Å²) in [4.78, 5) is 0.106. The molecule has 4 nitrogen and oxygen atoms in total. The molecule has 0 aromatic heterocycles.